The number of hydrogen-bond acceptors (Lipinski definition) is 4. The molecule has 0 radical (unpaired) electrons. The zero-order valence-electron chi connectivity index (χ0n) is 12.2. The van der Waals surface area contributed by atoms with Crippen molar-refractivity contribution >= 4 is 12.1 Å². The Labute approximate surface area is 117 Å². The summed E-state index contributed by atoms with van der Waals surface area (Å²) in [5.74, 6) is -1.14. The van der Waals surface area contributed by atoms with E-state index in [2.05, 4.69) is 10.0 Å². The van der Waals surface area contributed by atoms with Gasteiger partial charge in [0.1, 0.15) is 11.1 Å². The molecular formula is C12H20N4O4. The molecule has 1 amide bonds. The van der Waals surface area contributed by atoms with E-state index in [4.69, 9.17) is 10.3 Å². The molecule has 1 fully saturated rings. The van der Waals surface area contributed by atoms with Crippen LogP contribution >= 0.6 is 0 Å². The summed E-state index contributed by atoms with van der Waals surface area (Å²) in [6.45, 7) is 6.78. The van der Waals surface area contributed by atoms with Crippen LogP contribution in [-0.2, 0) is 9.53 Å². The van der Waals surface area contributed by atoms with Gasteiger partial charge in [-0.2, -0.15) is 0 Å². The highest BCUT2D eigenvalue weighted by molar-refractivity contribution is 5.84. The number of amides is 1. The number of carbonyl (C=O) groups excluding carboxylic acids is 1. The fourth-order valence-corrected chi connectivity index (χ4v) is 2.18. The normalized spacial score (nSPS) is 26.6. The van der Waals surface area contributed by atoms with Crippen molar-refractivity contribution in [1.82, 2.24) is 4.90 Å². The quantitative estimate of drug-likeness (QED) is 0.476. The molecule has 0 aliphatic carbocycles. The Morgan fingerprint density at radius 3 is 2.55 bits per heavy atom. The van der Waals surface area contributed by atoms with Crippen molar-refractivity contribution in [3.05, 3.63) is 10.4 Å². The van der Waals surface area contributed by atoms with Crippen LogP contribution < -0.4 is 0 Å². The van der Waals surface area contributed by atoms with Crippen molar-refractivity contribution in [2.75, 3.05) is 6.54 Å². The zero-order chi connectivity index (χ0) is 15.6. The third-order valence-corrected chi connectivity index (χ3v) is 3.20. The summed E-state index contributed by atoms with van der Waals surface area (Å²) in [5.41, 5.74) is 6.33. The lowest BCUT2D eigenvalue weighted by molar-refractivity contribution is -0.152. The van der Waals surface area contributed by atoms with Gasteiger partial charge in [0.2, 0.25) is 0 Å². The maximum atomic E-state index is 12.1. The Balaban J connectivity index is 2.98. The second kappa shape index (κ2) is 5.58. The summed E-state index contributed by atoms with van der Waals surface area (Å²) in [6, 6.07) is -0.431. The Morgan fingerprint density at radius 2 is 2.10 bits per heavy atom. The molecule has 20 heavy (non-hydrogen) atoms. The van der Waals surface area contributed by atoms with Crippen molar-refractivity contribution in [2.24, 2.45) is 5.11 Å². The first kappa shape index (κ1) is 16.1. The van der Waals surface area contributed by atoms with Crippen LogP contribution in [0.5, 0.6) is 0 Å². The maximum Gasteiger partial charge on any atom is 0.411 e. The van der Waals surface area contributed by atoms with E-state index in [0.29, 0.717) is 6.42 Å². The Kier molecular flexibility index (Phi) is 4.50. The number of carbonyl (C=O) groups is 2. The molecule has 0 spiro atoms. The van der Waals surface area contributed by atoms with Gasteiger partial charge in [-0.15, -0.1) is 0 Å². The molecule has 8 nitrogen and oxygen atoms in total. The average molecular weight is 284 g/mol. The fourth-order valence-electron chi connectivity index (χ4n) is 2.18. The second-order valence-corrected chi connectivity index (χ2v) is 6.06. The van der Waals surface area contributed by atoms with Crippen molar-refractivity contribution in [3.63, 3.8) is 0 Å². The summed E-state index contributed by atoms with van der Waals surface area (Å²) in [5, 5.41) is 13.0. The van der Waals surface area contributed by atoms with Crippen molar-refractivity contribution < 1.29 is 19.4 Å². The third-order valence-electron chi connectivity index (χ3n) is 3.20. The molecular weight excluding hydrogens is 264 g/mol. The summed E-state index contributed by atoms with van der Waals surface area (Å²) >= 11 is 0. The number of hydrogen-bond donors (Lipinski definition) is 1. The van der Waals surface area contributed by atoms with Crippen molar-refractivity contribution in [3.8, 4) is 0 Å². The van der Waals surface area contributed by atoms with Gasteiger partial charge < -0.3 is 9.84 Å². The number of carboxylic acid groups (broad SMARTS) is 1. The fraction of sp³-hybridized carbons (Fsp3) is 0.833. The molecule has 1 saturated heterocycles. The van der Waals surface area contributed by atoms with Crippen LogP contribution in [0.15, 0.2) is 5.11 Å². The lowest BCUT2D eigenvalue weighted by Crippen LogP contribution is -2.60. The molecule has 0 bridgehead atoms. The van der Waals surface area contributed by atoms with Gasteiger partial charge in [-0.05, 0) is 46.1 Å². The molecule has 0 aromatic carbocycles. The predicted octanol–water partition coefficient (Wildman–Crippen LogP) is 2.54. The first-order chi connectivity index (χ1) is 9.10. The Bertz CT molecular complexity index is 453. The molecule has 0 saturated carbocycles. The van der Waals surface area contributed by atoms with E-state index in [1.165, 1.54) is 11.8 Å². The van der Waals surface area contributed by atoms with Gasteiger partial charge in [0.25, 0.3) is 0 Å². The van der Waals surface area contributed by atoms with Crippen LogP contribution in [0.4, 0.5) is 4.79 Å². The van der Waals surface area contributed by atoms with Gasteiger partial charge >= 0.3 is 12.1 Å². The first-order valence-corrected chi connectivity index (χ1v) is 6.38. The third kappa shape index (κ3) is 3.54. The average Bonchev–Trinajstić information content (AvgIpc) is 2.26. The molecule has 1 heterocycles. The molecule has 2 atom stereocenters. The molecule has 8 heteroatoms. The van der Waals surface area contributed by atoms with E-state index >= 15 is 0 Å². The number of carboxylic acids is 1. The molecule has 112 valence electrons. The predicted molar refractivity (Wildman–Crippen MR) is 71.1 cm³/mol. The molecule has 1 aliphatic heterocycles. The number of piperidine rings is 1. The second-order valence-electron chi connectivity index (χ2n) is 6.06. The Hall–Kier alpha value is -1.95. The number of nitrogens with zero attached hydrogens (tertiary/aromatic N) is 4. The largest absolute Gasteiger partial charge is 0.480 e. The first-order valence-electron chi connectivity index (χ1n) is 6.38. The lowest BCUT2D eigenvalue weighted by atomic mass is 9.86. The summed E-state index contributed by atoms with van der Waals surface area (Å²) in [4.78, 5) is 27.6. The van der Waals surface area contributed by atoms with Gasteiger partial charge in [-0.1, -0.05) is 5.11 Å². The van der Waals surface area contributed by atoms with Crippen LogP contribution in [0.25, 0.3) is 10.4 Å². The zero-order valence-corrected chi connectivity index (χ0v) is 12.2. The molecule has 0 aromatic rings. The summed E-state index contributed by atoms with van der Waals surface area (Å²) in [7, 11) is 0. The number of rotatable bonds is 2. The van der Waals surface area contributed by atoms with E-state index in [-0.39, 0.29) is 13.0 Å². The van der Waals surface area contributed by atoms with Crippen LogP contribution in [-0.4, -0.2) is 45.8 Å². The highest BCUT2D eigenvalue weighted by Crippen LogP contribution is 2.31. The van der Waals surface area contributed by atoms with E-state index in [1.807, 2.05) is 0 Å². The molecule has 1 rings (SSSR count). The number of likely N-dealkylation sites (tertiary alicyclic amines) is 1. The van der Waals surface area contributed by atoms with Crippen molar-refractivity contribution in [2.45, 2.75) is 57.7 Å². The molecule has 1 N–H and O–H groups in total. The standard InChI is InChI=1S/C12H20N4O4/c1-11(2,3)20-10(19)16-6-5-8(14-15-13)7-12(16,4)9(17)18/h8H,5-7H2,1-4H3,(H,17,18)/t8-,12-/m1/s1. The highest BCUT2D eigenvalue weighted by Gasteiger charge is 2.48. The summed E-state index contributed by atoms with van der Waals surface area (Å²) in [6.07, 6.45) is -0.167. The van der Waals surface area contributed by atoms with Crippen molar-refractivity contribution in [1.29, 1.82) is 0 Å². The van der Waals surface area contributed by atoms with Crippen LogP contribution in [0.2, 0.25) is 0 Å². The van der Waals surface area contributed by atoms with E-state index in [1.54, 1.807) is 20.8 Å². The monoisotopic (exact) mass is 284 g/mol. The van der Waals surface area contributed by atoms with Gasteiger partial charge in [0.15, 0.2) is 0 Å². The molecule has 0 unspecified atom stereocenters. The number of aliphatic carboxylic acids is 1. The minimum atomic E-state index is -1.43. The maximum absolute atomic E-state index is 12.1. The van der Waals surface area contributed by atoms with E-state index in [9.17, 15) is 14.7 Å². The molecule has 0 aromatic heterocycles. The highest BCUT2D eigenvalue weighted by atomic mass is 16.6. The van der Waals surface area contributed by atoms with Gasteiger partial charge in [-0.25, -0.2) is 9.59 Å². The smallest absolute Gasteiger partial charge is 0.411 e. The number of ether oxygens (including phenoxy) is 1. The topological polar surface area (TPSA) is 116 Å². The SMILES string of the molecule is CC(C)(C)OC(=O)N1CC[C@@H](N=[N+]=[N-])C[C@]1(C)C(=O)O. The number of azide groups is 1. The minimum absolute atomic E-state index is 0.0750. The van der Waals surface area contributed by atoms with Gasteiger partial charge in [0.05, 0.1) is 0 Å². The summed E-state index contributed by atoms with van der Waals surface area (Å²) < 4.78 is 5.24. The van der Waals surface area contributed by atoms with Crippen LogP contribution in [0.3, 0.4) is 0 Å². The van der Waals surface area contributed by atoms with Gasteiger partial charge in [-0.3, -0.25) is 4.90 Å². The lowest BCUT2D eigenvalue weighted by Gasteiger charge is -2.43. The Morgan fingerprint density at radius 1 is 1.50 bits per heavy atom. The molecule has 1 aliphatic rings. The van der Waals surface area contributed by atoms with Gasteiger partial charge in [0, 0.05) is 17.5 Å². The van der Waals surface area contributed by atoms with Crippen LogP contribution in [0, 0.1) is 0 Å². The minimum Gasteiger partial charge on any atom is -0.480 e. The van der Waals surface area contributed by atoms with E-state index < -0.39 is 29.2 Å². The van der Waals surface area contributed by atoms with E-state index in [0.717, 1.165) is 0 Å². The van der Waals surface area contributed by atoms with Crippen LogP contribution in [0.1, 0.15) is 40.5 Å².